The summed E-state index contributed by atoms with van der Waals surface area (Å²) in [5, 5.41) is 6.97. The van der Waals surface area contributed by atoms with Gasteiger partial charge < -0.3 is 20.1 Å². The van der Waals surface area contributed by atoms with E-state index in [1.165, 1.54) is 0 Å². The molecule has 0 saturated carbocycles. The lowest BCUT2D eigenvalue weighted by Crippen LogP contribution is -2.49. The fourth-order valence-electron chi connectivity index (χ4n) is 3.74. The summed E-state index contributed by atoms with van der Waals surface area (Å²) in [5.41, 5.74) is 4.19. The largest absolute Gasteiger partial charge is 0.385 e. The summed E-state index contributed by atoms with van der Waals surface area (Å²) < 4.78 is 11.0. The Kier molecular flexibility index (Phi) is 5.20. The number of hydrogen-bond donors (Lipinski definition) is 2. The van der Waals surface area contributed by atoms with Crippen molar-refractivity contribution in [2.75, 3.05) is 20.3 Å². The number of benzene rings is 1. The van der Waals surface area contributed by atoms with Gasteiger partial charge in [-0.3, -0.25) is 4.79 Å². The lowest BCUT2D eigenvalue weighted by Gasteiger charge is -2.31. The second-order valence-electron chi connectivity index (χ2n) is 6.76. The normalized spacial score (nSPS) is 23.5. The standard InChI is InChI=1S/C21H22N2O3S/c1-25-10-5-11-26-14-7-4-6-13(12-14)18-17-19(23-21(27)22-18)15-8-2-3-9-16(15)20(17)24/h2-4,6,8-9,12,14,18H,5,7,10-11H2,1H3,(H2,22,23,27). The molecule has 2 aliphatic carbocycles. The molecular weight excluding hydrogens is 360 g/mol. The number of ketones is 1. The van der Waals surface area contributed by atoms with E-state index in [0.717, 1.165) is 40.8 Å². The highest BCUT2D eigenvalue weighted by Gasteiger charge is 2.39. The van der Waals surface area contributed by atoms with E-state index in [1.807, 2.05) is 24.3 Å². The molecule has 0 bridgehead atoms. The Morgan fingerprint density at radius 3 is 2.85 bits per heavy atom. The molecule has 1 aromatic rings. The Balaban J connectivity index is 1.60. The Hall–Kier alpha value is -2.28. The minimum absolute atomic E-state index is 0.00459. The molecule has 1 aliphatic heterocycles. The third-order valence-electron chi connectivity index (χ3n) is 4.97. The first-order chi connectivity index (χ1) is 13.2. The Morgan fingerprint density at radius 2 is 2.04 bits per heavy atom. The summed E-state index contributed by atoms with van der Waals surface area (Å²) in [6.07, 6.45) is 7.93. The maximum absolute atomic E-state index is 13.0. The van der Waals surface area contributed by atoms with Crippen molar-refractivity contribution < 1.29 is 14.3 Å². The van der Waals surface area contributed by atoms with Gasteiger partial charge in [-0.2, -0.15) is 0 Å². The van der Waals surface area contributed by atoms with Gasteiger partial charge in [0.15, 0.2) is 10.9 Å². The number of rotatable bonds is 6. The maximum Gasteiger partial charge on any atom is 0.194 e. The van der Waals surface area contributed by atoms with Gasteiger partial charge in [0.25, 0.3) is 0 Å². The van der Waals surface area contributed by atoms with Crippen LogP contribution in [0.2, 0.25) is 0 Å². The van der Waals surface area contributed by atoms with Crippen LogP contribution in [0.5, 0.6) is 0 Å². The Morgan fingerprint density at radius 1 is 1.22 bits per heavy atom. The van der Waals surface area contributed by atoms with Crippen molar-refractivity contribution in [3.8, 4) is 0 Å². The van der Waals surface area contributed by atoms with Crippen molar-refractivity contribution in [2.45, 2.75) is 25.0 Å². The van der Waals surface area contributed by atoms with Gasteiger partial charge in [-0.25, -0.2) is 0 Å². The van der Waals surface area contributed by atoms with Gasteiger partial charge in [0.2, 0.25) is 0 Å². The average molecular weight is 382 g/mol. The van der Waals surface area contributed by atoms with Crippen LogP contribution in [0.1, 0.15) is 28.8 Å². The highest BCUT2D eigenvalue weighted by molar-refractivity contribution is 7.80. The number of carbonyl (C=O) groups is 1. The number of fused-ring (bicyclic) bond motifs is 2. The molecule has 0 aromatic heterocycles. The molecule has 2 unspecified atom stereocenters. The lowest BCUT2D eigenvalue weighted by molar-refractivity contribution is 0.0666. The SMILES string of the molecule is COCCCOC1C=C(C2NC(=S)NC3=C2C(=O)c2ccccc23)C=CC1. The summed E-state index contributed by atoms with van der Waals surface area (Å²) in [6, 6.07) is 7.38. The third kappa shape index (κ3) is 3.48. The molecular formula is C21H22N2O3S. The highest BCUT2D eigenvalue weighted by Crippen LogP contribution is 2.37. The van der Waals surface area contributed by atoms with Crippen molar-refractivity contribution in [1.29, 1.82) is 0 Å². The van der Waals surface area contributed by atoms with E-state index in [9.17, 15) is 4.79 Å². The quantitative estimate of drug-likeness (QED) is 0.583. The van der Waals surface area contributed by atoms with Gasteiger partial charge in [0.1, 0.15) is 0 Å². The molecule has 3 aliphatic rings. The van der Waals surface area contributed by atoms with Gasteiger partial charge in [-0.1, -0.05) is 36.4 Å². The van der Waals surface area contributed by atoms with E-state index < -0.39 is 0 Å². The van der Waals surface area contributed by atoms with Crippen LogP contribution in [-0.2, 0) is 9.47 Å². The maximum atomic E-state index is 13.0. The van der Waals surface area contributed by atoms with Crippen molar-refractivity contribution in [3.05, 3.63) is 64.8 Å². The smallest absolute Gasteiger partial charge is 0.194 e. The zero-order valence-electron chi connectivity index (χ0n) is 15.2. The predicted octanol–water partition coefficient (Wildman–Crippen LogP) is 2.75. The summed E-state index contributed by atoms with van der Waals surface area (Å²) in [7, 11) is 1.69. The second kappa shape index (κ2) is 7.76. The molecule has 1 heterocycles. The Labute approximate surface area is 164 Å². The van der Waals surface area contributed by atoms with Gasteiger partial charge in [0.05, 0.1) is 23.4 Å². The molecule has 5 nitrogen and oxygen atoms in total. The molecule has 140 valence electrons. The molecule has 0 spiro atoms. The second-order valence-corrected chi connectivity index (χ2v) is 7.16. The van der Waals surface area contributed by atoms with Crippen LogP contribution in [0.3, 0.4) is 0 Å². The number of thiocarbonyl (C=S) groups is 1. The number of methoxy groups -OCH3 is 1. The molecule has 1 aromatic carbocycles. The van der Waals surface area contributed by atoms with E-state index in [2.05, 4.69) is 28.9 Å². The van der Waals surface area contributed by atoms with E-state index in [4.69, 9.17) is 21.7 Å². The minimum atomic E-state index is -0.268. The van der Waals surface area contributed by atoms with Gasteiger partial charge in [-0.15, -0.1) is 0 Å². The third-order valence-corrected chi connectivity index (χ3v) is 5.19. The molecule has 4 rings (SSSR count). The number of Topliss-reactive ketones (excluding diaryl/α,β-unsaturated/α-hetero) is 1. The highest BCUT2D eigenvalue weighted by atomic mass is 32.1. The van der Waals surface area contributed by atoms with Crippen LogP contribution in [0, 0.1) is 0 Å². The van der Waals surface area contributed by atoms with Gasteiger partial charge >= 0.3 is 0 Å². The van der Waals surface area contributed by atoms with Crippen LogP contribution in [0.15, 0.2) is 53.6 Å². The van der Waals surface area contributed by atoms with Gasteiger partial charge in [-0.05, 0) is 36.7 Å². The van der Waals surface area contributed by atoms with Crippen LogP contribution in [0.25, 0.3) is 5.70 Å². The van der Waals surface area contributed by atoms with Gasteiger partial charge in [0, 0.05) is 31.5 Å². The number of carbonyl (C=O) groups excluding carboxylic acids is 1. The zero-order chi connectivity index (χ0) is 18.8. The van der Waals surface area contributed by atoms with E-state index in [1.54, 1.807) is 7.11 Å². The number of hydrogen-bond acceptors (Lipinski definition) is 4. The molecule has 27 heavy (non-hydrogen) atoms. The van der Waals surface area contributed by atoms with Crippen LogP contribution >= 0.6 is 12.2 Å². The first-order valence-electron chi connectivity index (χ1n) is 9.13. The summed E-state index contributed by atoms with van der Waals surface area (Å²) in [4.78, 5) is 13.0. The molecule has 2 N–H and O–H groups in total. The first-order valence-corrected chi connectivity index (χ1v) is 9.54. The monoisotopic (exact) mass is 382 g/mol. The zero-order valence-corrected chi connectivity index (χ0v) is 16.0. The van der Waals surface area contributed by atoms with Crippen molar-refractivity contribution in [1.82, 2.24) is 10.6 Å². The predicted molar refractivity (Wildman–Crippen MR) is 108 cm³/mol. The van der Waals surface area contributed by atoms with Crippen molar-refractivity contribution in [2.24, 2.45) is 0 Å². The number of ether oxygens (including phenoxy) is 2. The summed E-state index contributed by atoms with van der Waals surface area (Å²) in [5.74, 6) is 0.0468. The van der Waals surface area contributed by atoms with E-state index in [-0.39, 0.29) is 17.9 Å². The van der Waals surface area contributed by atoms with Crippen molar-refractivity contribution >= 4 is 28.8 Å². The minimum Gasteiger partial charge on any atom is -0.385 e. The molecule has 0 fully saturated rings. The molecule has 0 amide bonds. The van der Waals surface area contributed by atoms with E-state index in [0.29, 0.717) is 18.3 Å². The van der Waals surface area contributed by atoms with Crippen LogP contribution in [0.4, 0.5) is 0 Å². The fourth-order valence-corrected chi connectivity index (χ4v) is 3.96. The molecule has 0 radical (unpaired) electrons. The molecule has 0 saturated heterocycles. The van der Waals surface area contributed by atoms with Crippen LogP contribution < -0.4 is 10.6 Å². The fraction of sp³-hybridized carbons (Fsp3) is 0.333. The summed E-state index contributed by atoms with van der Waals surface area (Å²) in [6.45, 7) is 1.33. The van der Waals surface area contributed by atoms with Crippen molar-refractivity contribution in [3.63, 3.8) is 0 Å². The topological polar surface area (TPSA) is 59.6 Å². The first kappa shape index (κ1) is 18.1. The van der Waals surface area contributed by atoms with E-state index >= 15 is 0 Å². The molecule has 2 atom stereocenters. The Bertz CT molecular complexity index is 872. The number of nitrogens with one attached hydrogen (secondary N) is 2. The molecule has 6 heteroatoms. The van der Waals surface area contributed by atoms with Crippen LogP contribution in [-0.4, -0.2) is 43.4 Å². The average Bonchev–Trinajstić information content (AvgIpc) is 2.97. The summed E-state index contributed by atoms with van der Waals surface area (Å²) >= 11 is 5.41. The lowest BCUT2D eigenvalue weighted by atomic mass is 9.90.